The number of carbonyl (C=O) groups excluding carboxylic acids is 1. The third-order valence-corrected chi connectivity index (χ3v) is 3.05. The van der Waals surface area contributed by atoms with Gasteiger partial charge in [-0.2, -0.15) is 0 Å². The van der Waals surface area contributed by atoms with Gasteiger partial charge in [0.25, 0.3) is 0 Å². The van der Waals surface area contributed by atoms with Crippen LogP contribution in [0.2, 0.25) is 5.02 Å². The Kier molecular flexibility index (Phi) is 6.28. The van der Waals surface area contributed by atoms with Crippen LogP contribution in [0.25, 0.3) is 0 Å². The number of methoxy groups -OCH3 is 1. The van der Waals surface area contributed by atoms with Gasteiger partial charge in [0.05, 0.1) is 6.04 Å². The number of benzene rings is 1. The van der Waals surface area contributed by atoms with Gasteiger partial charge in [0.15, 0.2) is 0 Å². The molecule has 1 aromatic carbocycles. The second-order valence-corrected chi connectivity index (χ2v) is 5.18. The average Bonchev–Trinajstić information content (AvgIpc) is 2.31. The van der Waals surface area contributed by atoms with Crippen LogP contribution in [-0.4, -0.2) is 25.1 Å². The summed E-state index contributed by atoms with van der Waals surface area (Å²) in [6.07, 6.45) is 0.0933. The maximum absolute atomic E-state index is 11.7. The molecule has 106 valence electrons. The summed E-state index contributed by atoms with van der Waals surface area (Å²) in [6.45, 7) is 3.71. The minimum Gasteiger partial charge on any atom is -0.375 e. The molecule has 3 atom stereocenters. The Hall–Kier alpha value is -1.10. The van der Waals surface area contributed by atoms with Crippen molar-refractivity contribution in [1.82, 2.24) is 5.32 Å². The molecule has 5 heteroatoms. The van der Waals surface area contributed by atoms with Gasteiger partial charge in [-0.05, 0) is 31.5 Å². The summed E-state index contributed by atoms with van der Waals surface area (Å²) in [4.78, 5) is 11.7. The fourth-order valence-electron chi connectivity index (χ4n) is 1.96. The van der Waals surface area contributed by atoms with Crippen LogP contribution in [0.15, 0.2) is 24.3 Å². The first-order valence-corrected chi connectivity index (χ1v) is 6.65. The Labute approximate surface area is 119 Å². The lowest BCUT2D eigenvalue weighted by atomic mass is 10.0. The Morgan fingerprint density at radius 2 is 1.95 bits per heavy atom. The topological polar surface area (TPSA) is 64.3 Å². The van der Waals surface area contributed by atoms with Crippen LogP contribution in [0.1, 0.15) is 31.9 Å². The summed E-state index contributed by atoms with van der Waals surface area (Å²) in [5.74, 6) is -0.0708. The van der Waals surface area contributed by atoms with E-state index in [1.807, 2.05) is 19.1 Å². The van der Waals surface area contributed by atoms with Crippen molar-refractivity contribution in [3.63, 3.8) is 0 Å². The van der Waals surface area contributed by atoms with Crippen molar-refractivity contribution in [3.8, 4) is 0 Å². The Balaban J connectivity index is 2.68. The number of hydrogen-bond donors (Lipinski definition) is 2. The molecule has 1 aromatic rings. The van der Waals surface area contributed by atoms with Crippen molar-refractivity contribution in [2.45, 2.75) is 38.5 Å². The normalized spacial score (nSPS) is 15.6. The van der Waals surface area contributed by atoms with E-state index >= 15 is 0 Å². The lowest BCUT2D eigenvalue weighted by Crippen LogP contribution is -2.39. The first-order chi connectivity index (χ1) is 8.93. The number of rotatable bonds is 6. The summed E-state index contributed by atoms with van der Waals surface area (Å²) in [6, 6.07) is 7.11. The van der Waals surface area contributed by atoms with E-state index in [0.717, 1.165) is 5.56 Å². The number of halogens is 1. The summed E-state index contributed by atoms with van der Waals surface area (Å²) in [5, 5.41) is 3.57. The predicted molar refractivity (Wildman–Crippen MR) is 77.1 cm³/mol. The minimum atomic E-state index is -0.214. The van der Waals surface area contributed by atoms with Gasteiger partial charge in [-0.15, -0.1) is 0 Å². The quantitative estimate of drug-likeness (QED) is 0.842. The zero-order valence-electron chi connectivity index (χ0n) is 11.5. The summed E-state index contributed by atoms with van der Waals surface area (Å²) in [7, 11) is 1.62. The maximum atomic E-state index is 11.7. The second-order valence-electron chi connectivity index (χ2n) is 4.75. The first-order valence-electron chi connectivity index (χ1n) is 6.27. The molecule has 3 N–H and O–H groups in total. The minimum absolute atomic E-state index is 0.0708. The zero-order valence-corrected chi connectivity index (χ0v) is 12.3. The van der Waals surface area contributed by atoms with Gasteiger partial charge in [-0.25, -0.2) is 0 Å². The van der Waals surface area contributed by atoms with Crippen molar-refractivity contribution < 1.29 is 9.53 Å². The molecule has 0 spiro atoms. The largest absolute Gasteiger partial charge is 0.375 e. The molecular weight excluding hydrogens is 264 g/mol. The van der Waals surface area contributed by atoms with E-state index in [1.54, 1.807) is 26.2 Å². The highest BCUT2D eigenvalue weighted by atomic mass is 35.5. The first kappa shape index (κ1) is 16.0. The van der Waals surface area contributed by atoms with E-state index in [2.05, 4.69) is 5.32 Å². The van der Waals surface area contributed by atoms with E-state index in [1.165, 1.54) is 0 Å². The van der Waals surface area contributed by atoms with Crippen LogP contribution in [-0.2, 0) is 9.53 Å². The van der Waals surface area contributed by atoms with Gasteiger partial charge < -0.3 is 15.8 Å². The van der Waals surface area contributed by atoms with Gasteiger partial charge in [0.1, 0.15) is 6.10 Å². The lowest BCUT2D eigenvalue weighted by Gasteiger charge is -2.24. The molecule has 1 rings (SSSR count). The highest BCUT2D eigenvalue weighted by Crippen LogP contribution is 2.22. The summed E-state index contributed by atoms with van der Waals surface area (Å²) < 4.78 is 5.45. The van der Waals surface area contributed by atoms with Crippen LogP contribution in [0.4, 0.5) is 0 Å². The molecule has 0 aliphatic rings. The third-order valence-electron chi connectivity index (χ3n) is 2.80. The Bertz CT molecular complexity index is 406. The molecule has 0 aromatic heterocycles. The van der Waals surface area contributed by atoms with Gasteiger partial charge in [0, 0.05) is 24.6 Å². The average molecular weight is 285 g/mol. The van der Waals surface area contributed by atoms with E-state index in [9.17, 15) is 4.79 Å². The number of ether oxygens (including phenoxy) is 1. The molecule has 0 bridgehead atoms. The van der Waals surface area contributed by atoms with Crippen LogP contribution in [0.5, 0.6) is 0 Å². The summed E-state index contributed by atoms with van der Waals surface area (Å²) in [5.41, 5.74) is 6.57. The molecule has 0 heterocycles. The molecule has 1 amide bonds. The standard InChI is InChI=1S/C14H21ClN2O2/c1-9(16)8-13(18)17-10(2)14(19-3)11-4-6-12(15)7-5-11/h4-7,9-10,14H,8,16H2,1-3H3,(H,17,18). The highest BCUT2D eigenvalue weighted by Gasteiger charge is 2.20. The SMILES string of the molecule is COC(c1ccc(Cl)cc1)C(C)NC(=O)CC(C)N. The summed E-state index contributed by atoms with van der Waals surface area (Å²) >= 11 is 5.86. The molecule has 0 aliphatic carbocycles. The van der Waals surface area contributed by atoms with Gasteiger partial charge in [0.2, 0.25) is 5.91 Å². The van der Waals surface area contributed by atoms with Crippen molar-refractivity contribution >= 4 is 17.5 Å². The van der Waals surface area contributed by atoms with E-state index < -0.39 is 0 Å². The number of carbonyl (C=O) groups is 1. The van der Waals surface area contributed by atoms with E-state index in [4.69, 9.17) is 22.1 Å². The van der Waals surface area contributed by atoms with Gasteiger partial charge in [-0.1, -0.05) is 23.7 Å². The van der Waals surface area contributed by atoms with Crippen LogP contribution in [0.3, 0.4) is 0 Å². The van der Waals surface area contributed by atoms with Crippen LogP contribution in [0, 0.1) is 0 Å². The molecular formula is C14H21ClN2O2. The fraction of sp³-hybridized carbons (Fsp3) is 0.500. The number of amides is 1. The Morgan fingerprint density at radius 3 is 2.42 bits per heavy atom. The maximum Gasteiger partial charge on any atom is 0.221 e. The smallest absolute Gasteiger partial charge is 0.221 e. The Morgan fingerprint density at radius 1 is 1.37 bits per heavy atom. The number of nitrogens with one attached hydrogen (secondary N) is 1. The van der Waals surface area contributed by atoms with Crippen molar-refractivity contribution in [2.24, 2.45) is 5.73 Å². The fourth-order valence-corrected chi connectivity index (χ4v) is 2.09. The number of hydrogen-bond acceptors (Lipinski definition) is 3. The van der Waals surface area contributed by atoms with Crippen LogP contribution >= 0.6 is 11.6 Å². The van der Waals surface area contributed by atoms with Crippen LogP contribution < -0.4 is 11.1 Å². The molecule has 0 saturated heterocycles. The molecule has 0 saturated carbocycles. The number of nitrogens with two attached hydrogens (primary N) is 1. The zero-order chi connectivity index (χ0) is 14.4. The van der Waals surface area contributed by atoms with E-state index in [-0.39, 0.29) is 24.1 Å². The molecule has 0 aliphatic heterocycles. The van der Waals surface area contributed by atoms with Crippen molar-refractivity contribution in [1.29, 1.82) is 0 Å². The molecule has 0 fully saturated rings. The predicted octanol–water partition coefficient (Wildman–Crippen LogP) is 2.27. The van der Waals surface area contributed by atoms with E-state index in [0.29, 0.717) is 11.4 Å². The van der Waals surface area contributed by atoms with Gasteiger partial charge in [-0.3, -0.25) is 4.79 Å². The molecule has 19 heavy (non-hydrogen) atoms. The second kappa shape index (κ2) is 7.48. The highest BCUT2D eigenvalue weighted by molar-refractivity contribution is 6.30. The van der Waals surface area contributed by atoms with Crippen molar-refractivity contribution in [3.05, 3.63) is 34.9 Å². The molecule has 0 radical (unpaired) electrons. The van der Waals surface area contributed by atoms with Gasteiger partial charge >= 0.3 is 0 Å². The molecule has 4 nitrogen and oxygen atoms in total. The third kappa shape index (κ3) is 5.19. The van der Waals surface area contributed by atoms with Crippen molar-refractivity contribution in [2.75, 3.05) is 7.11 Å². The lowest BCUT2D eigenvalue weighted by molar-refractivity contribution is -0.122. The monoisotopic (exact) mass is 284 g/mol. The molecule has 3 unspecified atom stereocenters.